The number of carbonyl (C=O) groups is 1. The Morgan fingerprint density at radius 3 is 2.62 bits per heavy atom. The van der Waals surface area contributed by atoms with Gasteiger partial charge in [0.05, 0.1) is 24.0 Å². The van der Waals surface area contributed by atoms with Crippen LogP contribution in [-0.4, -0.2) is 19.2 Å². The fourth-order valence-corrected chi connectivity index (χ4v) is 5.13. The number of nitrogens with one attached hydrogen (secondary N) is 2. The van der Waals surface area contributed by atoms with Gasteiger partial charge in [0, 0.05) is 23.3 Å². The third-order valence-electron chi connectivity index (χ3n) is 6.71. The number of benzene rings is 3. The predicted molar refractivity (Wildman–Crippen MR) is 131 cm³/mol. The van der Waals surface area contributed by atoms with E-state index in [1.807, 2.05) is 73.7 Å². The van der Waals surface area contributed by atoms with E-state index in [2.05, 4.69) is 10.6 Å². The van der Waals surface area contributed by atoms with Crippen molar-refractivity contribution in [1.82, 2.24) is 0 Å². The van der Waals surface area contributed by atoms with Gasteiger partial charge in [0.15, 0.2) is 17.3 Å². The molecular formula is C28H26N2O4. The zero-order chi connectivity index (χ0) is 23.1. The number of anilines is 2. The van der Waals surface area contributed by atoms with E-state index >= 15 is 0 Å². The van der Waals surface area contributed by atoms with Crippen LogP contribution >= 0.6 is 0 Å². The van der Waals surface area contributed by atoms with E-state index in [4.69, 9.17) is 14.2 Å². The fourth-order valence-electron chi connectivity index (χ4n) is 5.13. The largest absolute Gasteiger partial charge is 0.494 e. The molecule has 172 valence electrons. The highest BCUT2D eigenvalue weighted by atomic mass is 16.7. The topological polar surface area (TPSA) is 68.8 Å². The zero-order valence-electron chi connectivity index (χ0n) is 19.0. The maximum atomic E-state index is 13.8. The van der Waals surface area contributed by atoms with E-state index in [9.17, 15) is 4.79 Å². The van der Waals surface area contributed by atoms with Gasteiger partial charge >= 0.3 is 0 Å². The van der Waals surface area contributed by atoms with Crippen LogP contribution in [0.1, 0.15) is 42.9 Å². The molecule has 2 heterocycles. The Labute approximate surface area is 198 Å². The molecule has 34 heavy (non-hydrogen) atoms. The first-order valence-electron chi connectivity index (χ1n) is 11.7. The molecule has 0 bridgehead atoms. The summed E-state index contributed by atoms with van der Waals surface area (Å²) in [5.74, 6) is 2.48. The summed E-state index contributed by atoms with van der Waals surface area (Å²) in [6, 6.07) is 21.7. The predicted octanol–water partition coefficient (Wildman–Crippen LogP) is 5.79. The lowest BCUT2D eigenvalue weighted by Gasteiger charge is -2.30. The molecule has 1 aliphatic carbocycles. The number of ketones is 1. The van der Waals surface area contributed by atoms with E-state index < -0.39 is 0 Å². The number of Topliss-reactive ketones (excluding diaryl/α,β-unsaturated/α-hetero) is 1. The highest BCUT2D eigenvalue weighted by molar-refractivity contribution is 6.01. The summed E-state index contributed by atoms with van der Waals surface area (Å²) >= 11 is 0. The molecule has 6 rings (SSSR count). The first-order chi connectivity index (χ1) is 16.7. The number of hydrogen-bond acceptors (Lipinski definition) is 6. The molecule has 0 spiro atoms. The molecule has 2 aliphatic heterocycles. The Bertz CT molecular complexity index is 1300. The molecule has 3 aromatic rings. The minimum absolute atomic E-state index is 0.0568. The Kier molecular flexibility index (Phi) is 5.13. The number of hydrogen-bond donors (Lipinski definition) is 2. The van der Waals surface area contributed by atoms with Crippen LogP contribution in [0.2, 0.25) is 0 Å². The highest BCUT2D eigenvalue weighted by Crippen LogP contribution is 2.46. The summed E-state index contributed by atoms with van der Waals surface area (Å²) in [5, 5.41) is 7.23. The molecule has 6 nitrogen and oxygen atoms in total. The number of carbonyl (C=O) groups excluding carboxylic acids is 1. The van der Waals surface area contributed by atoms with Crippen molar-refractivity contribution in [3.05, 3.63) is 89.1 Å². The van der Waals surface area contributed by atoms with E-state index in [0.717, 1.165) is 57.4 Å². The second kappa shape index (κ2) is 8.45. The smallest absolute Gasteiger partial charge is 0.231 e. The normalized spacial score (nSPS) is 20.6. The Balaban J connectivity index is 1.44. The molecule has 3 aromatic carbocycles. The van der Waals surface area contributed by atoms with Crippen molar-refractivity contribution in [3.8, 4) is 17.2 Å². The standard InChI is InChI=1S/C28H26N2O4/c1-2-32-24-10-6-3-7-19(24)28-27-22(29-20-8-4-5-9-21(20)30-28)13-18(14-23(27)31)17-11-12-25-26(15-17)34-16-33-25/h3-12,15,18,28-30H,2,13-14,16H2,1H3/t18-,28+/m0/s1. The van der Waals surface area contributed by atoms with Gasteiger partial charge in [-0.25, -0.2) is 0 Å². The van der Waals surface area contributed by atoms with Crippen LogP contribution in [-0.2, 0) is 4.79 Å². The van der Waals surface area contributed by atoms with Crippen LogP contribution in [0.5, 0.6) is 17.2 Å². The number of allylic oxidation sites excluding steroid dienone is 1. The van der Waals surface area contributed by atoms with Crippen LogP contribution in [0.25, 0.3) is 0 Å². The van der Waals surface area contributed by atoms with Gasteiger partial charge < -0.3 is 24.8 Å². The summed E-state index contributed by atoms with van der Waals surface area (Å²) in [5.41, 5.74) is 5.70. The fraction of sp³-hybridized carbons (Fsp3) is 0.250. The van der Waals surface area contributed by atoms with Crippen LogP contribution in [0.4, 0.5) is 11.4 Å². The average Bonchev–Trinajstić information content (AvgIpc) is 3.25. The second-order valence-corrected chi connectivity index (χ2v) is 8.75. The van der Waals surface area contributed by atoms with E-state index in [-0.39, 0.29) is 24.5 Å². The Morgan fingerprint density at radius 1 is 0.941 bits per heavy atom. The van der Waals surface area contributed by atoms with Gasteiger partial charge in [0.2, 0.25) is 6.79 Å². The summed E-state index contributed by atoms with van der Waals surface area (Å²) < 4.78 is 17.0. The number of rotatable bonds is 4. The molecule has 0 saturated heterocycles. The van der Waals surface area contributed by atoms with Crippen LogP contribution in [0.3, 0.4) is 0 Å². The molecule has 2 N–H and O–H groups in total. The van der Waals surface area contributed by atoms with Gasteiger partial charge in [-0.1, -0.05) is 36.4 Å². The molecule has 2 atom stereocenters. The SMILES string of the molecule is CCOc1ccccc1[C@H]1Nc2ccccc2NC2=C1C(=O)C[C@@H](c1ccc3c(c1)OCO3)C2. The third-order valence-corrected chi connectivity index (χ3v) is 6.71. The molecule has 0 aromatic heterocycles. The van der Waals surface area contributed by atoms with Crippen molar-refractivity contribution in [2.75, 3.05) is 24.0 Å². The van der Waals surface area contributed by atoms with Gasteiger partial charge in [-0.15, -0.1) is 0 Å². The van der Waals surface area contributed by atoms with Crippen LogP contribution < -0.4 is 24.8 Å². The monoisotopic (exact) mass is 454 g/mol. The van der Waals surface area contributed by atoms with Crippen LogP contribution in [0, 0.1) is 0 Å². The molecule has 0 amide bonds. The lowest BCUT2D eigenvalue weighted by atomic mass is 9.78. The lowest BCUT2D eigenvalue weighted by molar-refractivity contribution is -0.116. The van der Waals surface area contributed by atoms with E-state index in [0.29, 0.717) is 13.0 Å². The maximum absolute atomic E-state index is 13.8. The van der Waals surface area contributed by atoms with Crippen molar-refractivity contribution in [3.63, 3.8) is 0 Å². The van der Waals surface area contributed by atoms with Gasteiger partial charge in [0.1, 0.15) is 5.75 Å². The minimum atomic E-state index is -0.306. The first kappa shape index (κ1) is 20.7. The van der Waals surface area contributed by atoms with Crippen molar-refractivity contribution in [2.24, 2.45) is 0 Å². The second-order valence-electron chi connectivity index (χ2n) is 8.75. The summed E-state index contributed by atoms with van der Waals surface area (Å²) in [4.78, 5) is 13.8. The van der Waals surface area contributed by atoms with Crippen molar-refractivity contribution in [1.29, 1.82) is 0 Å². The molecule has 3 aliphatic rings. The van der Waals surface area contributed by atoms with Gasteiger partial charge in [-0.3, -0.25) is 4.79 Å². The van der Waals surface area contributed by atoms with Crippen molar-refractivity contribution >= 4 is 17.2 Å². The lowest BCUT2D eigenvalue weighted by Crippen LogP contribution is -2.27. The van der Waals surface area contributed by atoms with E-state index in [1.54, 1.807) is 0 Å². The Hall–Kier alpha value is -3.93. The summed E-state index contributed by atoms with van der Waals surface area (Å²) in [6.07, 6.45) is 1.16. The molecule has 0 radical (unpaired) electrons. The maximum Gasteiger partial charge on any atom is 0.231 e. The van der Waals surface area contributed by atoms with Crippen molar-refractivity contribution < 1.29 is 19.0 Å². The Morgan fingerprint density at radius 2 is 1.74 bits per heavy atom. The molecule has 0 saturated carbocycles. The summed E-state index contributed by atoms with van der Waals surface area (Å²) in [6.45, 7) is 2.77. The molecule has 0 fully saturated rings. The van der Waals surface area contributed by atoms with E-state index in [1.165, 1.54) is 0 Å². The zero-order valence-corrected chi connectivity index (χ0v) is 19.0. The van der Waals surface area contributed by atoms with Crippen molar-refractivity contribution in [2.45, 2.75) is 31.7 Å². The number of ether oxygens (including phenoxy) is 3. The number of fused-ring (bicyclic) bond motifs is 2. The van der Waals surface area contributed by atoms with Gasteiger partial charge in [-0.05, 0) is 55.2 Å². The molecular weight excluding hydrogens is 428 g/mol. The number of para-hydroxylation sites is 3. The first-order valence-corrected chi connectivity index (χ1v) is 11.7. The van der Waals surface area contributed by atoms with Gasteiger partial charge in [-0.2, -0.15) is 0 Å². The minimum Gasteiger partial charge on any atom is -0.494 e. The quantitative estimate of drug-likeness (QED) is 0.520. The summed E-state index contributed by atoms with van der Waals surface area (Å²) in [7, 11) is 0. The molecule has 0 unspecified atom stereocenters. The third kappa shape index (κ3) is 3.55. The molecule has 6 heteroatoms. The van der Waals surface area contributed by atoms with Crippen LogP contribution in [0.15, 0.2) is 78.0 Å². The average molecular weight is 455 g/mol. The highest BCUT2D eigenvalue weighted by Gasteiger charge is 2.37. The van der Waals surface area contributed by atoms with Gasteiger partial charge in [0.25, 0.3) is 0 Å².